The van der Waals surface area contributed by atoms with Gasteiger partial charge in [0.25, 0.3) is 15.9 Å². The number of nitrogens with one attached hydrogen (secondary N) is 1. The summed E-state index contributed by atoms with van der Waals surface area (Å²) in [4.78, 5) is 16.4. The Kier molecular flexibility index (Phi) is 5.52. The SMILES string of the molecule is CCN(c1ccccc1)S(=O)(=O)c1ccccc1NC(=O)c1cccnc1. The van der Waals surface area contributed by atoms with E-state index in [1.807, 2.05) is 6.07 Å². The second-order valence-electron chi connectivity index (χ2n) is 5.70. The summed E-state index contributed by atoms with van der Waals surface area (Å²) in [5, 5.41) is 2.68. The van der Waals surface area contributed by atoms with Gasteiger partial charge in [0.1, 0.15) is 4.90 Å². The van der Waals surface area contributed by atoms with E-state index in [0.717, 1.165) is 0 Å². The summed E-state index contributed by atoms with van der Waals surface area (Å²) in [6, 6.07) is 18.5. The molecule has 0 radical (unpaired) electrons. The van der Waals surface area contributed by atoms with Crippen molar-refractivity contribution in [2.45, 2.75) is 11.8 Å². The van der Waals surface area contributed by atoms with E-state index < -0.39 is 15.9 Å². The van der Waals surface area contributed by atoms with Crippen LogP contribution in [0.5, 0.6) is 0 Å². The standard InChI is InChI=1S/C20H19N3O3S/c1-2-23(17-10-4-3-5-11-17)27(25,26)19-13-7-6-12-18(19)22-20(24)16-9-8-14-21-15-16/h3-15H,2H2,1H3,(H,22,24). The smallest absolute Gasteiger partial charge is 0.266 e. The van der Waals surface area contributed by atoms with E-state index in [-0.39, 0.29) is 17.1 Å². The van der Waals surface area contributed by atoms with Crippen molar-refractivity contribution < 1.29 is 13.2 Å². The molecule has 0 saturated heterocycles. The van der Waals surface area contributed by atoms with Crippen LogP contribution in [0, 0.1) is 0 Å². The lowest BCUT2D eigenvalue weighted by molar-refractivity contribution is 0.102. The van der Waals surface area contributed by atoms with E-state index in [0.29, 0.717) is 11.3 Å². The third kappa shape index (κ3) is 3.98. The zero-order valence-electron chi connectivity index (χ0n) is 14.7. The number of hydrogen-bond acceptors (Lipinski definition) is 4. The quantitative estimate of drug-likeness (QED) is 0.708. The monoisotopic (exact) mass is 381 g/mol. The number of para-hydroxylation sites is 2. The van der Waals surface area contributed by atoms with Crippen molar-refractivity contribution in [1.82, 2.24) is 4.98 Å². The van der Waals surface area contributed by atoms with Crippen molar-refractivity contribution in [3.8, 4) is 0 Å². The Morgan fingerprint density at radius 2 is 1.70 bits per heavy atom. The molecule has 0 aliphatic heterocycles. The molecule has 27 heavy (non-hydrogen) atoms. The third-order valence-corrected chi connectivity index (χ3v) is 5.92. The number of sulfonamides is 1. The van der Waals surface area contributed by atoms with Gasteiger partial charge in [-0.25, -0.2) is 8.42 Å². The van der Waals surface area contributed by atoms with E-state index in [1.165, 1.54) is 16.6 Å². The number of nitrogens with zero attached hydrogens (tertiary/aromatic N) is 2. The topological polar surface area (TPSA) is 79.4 Å². The molecule has 6 nitrogen and oxygen atoms in total. The highest BCUT2D eigenvalue weighted by Gasteiger charge is 2.26. The fraction of sp³-hybridized carbons (Fsp3) is 0.100. The van der Waals surface area contributed by atoms with Crippen LogP contribution >= 0.6 is 0 Å². The second-order valence-corrected chi connectivity index (χ2v) is 7.53. The largest absolute Gasteiger partial charge is 0.321 e. The van der Waals surface area contributed by atoms with Gasteiger partial charge in [-0.15, -0.1) is 0 Å². The Morgan fingerprint density at radius 3 is 2.37 bits per heavy atom. The molecule has 2 aromatic carbocycles. The maximum atomic E-state index is 13.3. The molecular weight excluding hydrogens is 362 g/mol. The van der Waals surface area contributed by atoms with E-state index >= 15 is 0 Å². The van der Waals surface area contributed by atoms with Crippen molar-refractivity contribution in [2.24, 2.45) is 0 Å². The molecule has 0 fully saturated rings. The van der Waals surface area contributed by atoms with Crippen LogP contribution < -0.4 is 9.62 Å². The summed E-state index contributed by atoms with van der Waals surface area (Å²) in [5.41, 5.74) is 1.13. The van der Waals surface area contributed by atoms with Gasteiger partial charge in [0, 0.05) is 18.9 Å². The predicted octanol–water partition coefficient (Wildman–Crippen LogP) is 3.55. The lowest BCUT2D eigenvalue weighted by Gasteiger charge is -2.24. The molecule has 3 aromatic rings. The van der Waals surface area contributed by atoms with Gasteiger partial charge in [0.15, 0.2) is 0 Å². The minimum atomic E-state index is -3.86. The van der Waals surface area contributed by atoms with Crippen molar-refractivity contribution in [2.75, 3.05) is 16.2 Å². The molecule has 7 heteroatoms. The van der Waals surface area contributed by atoms with Gasteiger partial charge in [-0.1, -0.05) is 30.3 Å². The highest BCUT2D eigenvalue weighted by Crippen LogP contribution is 2.28. The number of benzene rings is 2. The maximum Gasteiger partial charge on any atom is 0.266 e. The minimum Gasteiger partial charge on any atom is -0.321 e. The van der Waals surface area contributed by atoms with Gasteiger partial charge in [-0.3, -0.25) is 14.1 Å². The Morgan fingerprint density at radius 1 is 1.00 bits per heavy atom. The molecule has 0 spiro atoms. The van der Waals surface area contributed by atoms with Gasteiger partial charge in [0.2, 0.25) is 0 Å². The molecule has 1 N–H and O–H groups in total. The summed E-state index contributed by atoms with van der Waals surface area (Å²) in [7, 11) is -3.86. The fourth-order valence-electron chi connectivity index (χ4n) is 2.69. The Labute approximate surface area is 158 Å². The minimum absolute atomic E-state index is 0.0351. The number of carbonyl (C=O) groups is 1. The molecule has 1 amide bonds. The normalized spacial score (nSPS) is 11.0. The molecule has 0 aliphatic carbocycles. The van der Waals surface area contributed by atoms with Crippen molar-refractivity contribution >= 4 is 27.3 Å². The van der Waals surface area contributed by atoms with Crippen molar-refractivity contribution in [3.05, 3.63) is 84.7 Å². The van der Waals surface area contributed by atoms with E-state index in [4.69, 9.17) is 0 Å². The molecule has 0 unspecified atom stereocenters. The molecule has 138 valence electrons. The molecule has 0 bridgehead atoms. The number of rotatable bonds is 6. The summed E-state index contributed by atoms with van der Waals surface area (Å²) >= 11 is 0. The van der Waals surface area contributed by atoms with Crippen LogP contribution in [-0.4, -0.2) is 25.9 Å². The number of carbonyl (C=O) groups excluding carboxylic acids is 1. The fourth-order valence-corrected chi connectivity index (χ4v) is 4.31. The average molecular weight is 381 g/mol. The molecule has 1 heterocycles. The zero-order chi connectivity index (χ0) is 19.3. The van der Waals surface area contributed by atoms with Gasteiger partial charge in [-0.2, -0.15) is 0 Å². The average Bonchev–Trinajstić information content (AvgIpc) is 2.70. The lowest BCUT2D eigenvalue weighted by Crippen LogP contribution is -2.31. The molecule has 0 saturated carbocycles. The van der Waals surface area contributed by atoms with E-state index in [2.05, 4.69) is 10.3 Å². The summed E-state index contributed by atoms with van der Waals surface area (Å²) in [6.45, 7) is 2.03. The van der Waals surface area contributed by atoms with Crippen molar-refractivity contribution in [1.29, 1.82) is 0 Å². The lowest BCUT2D eigenvalue weighted by atomic mass is 10.2. The summed E-state index contributed by atoms with van der Waals surface area (Å²) < 4.78 is 27.8. The maximum absolute atomic E-state index is 13.3. The third-order valence-electron chi connectivity index (χ3n) is 3.96. The number of amides is 1. The highest BCUT2D eigenvalue weighted by atomic mass is 32.2. The van der Waals surface area contributed by atoms with Crippen LogP contribution in [0.15, 0.2) is 84.0 Å². The molecule has 3 rings (SSSR count). The van der Waals surface area contributed by atoms with Crippen LogP contribution in [0.3, 0.4) is 0 Å². The zero-order valence-corrected chi connectivity index (χ0v) is 15.6. The summed E-state index contributed by atoms with van der Waals surface area (Å²) in [5.74, 6) is -0.423. The Hall–Kier alpha value is -3.19. The Balaban J connectivity index is 1.98. The molecule has 0 atom stereocenters. The molecule has 0 aliphatic rings. The highest BCUT2D eigenvalue weighted by molar-refractivity contribution is 7.93. The van der Waals surface area contributed by atoms with Gasteiger partial charge < -0.3 is 5.32 Å². The molecule has 1 aromatic heterocycles. The van der Waals surface area contributed by atoms with Crippen LogP contribution in [0.4, 0.5) is 11.4 Å². The van der Waals surface area contributed by atoms with E-state index in [9.17, 15) is 13.2 Å². The van der Waals surface area contributed by atoms with Gasteiger partial charge in [-0.05, 0) is 43.3 Å². The van der Waals surface area contributed by atoms with Crippen molar-refractivity contribution in [3.63, 3.8) is 0 Å². The van der Waals surface area contributed by atoms with Crippen LogP contribution in [-0.2, 0) is 10.0 Å². The predicted molar refractivity (Wildman–Crippen MR) is 105 cm³/mol. The van der Waals surface area contributed by atoms with Crippen LogP contribution in [0.1, 0.15) is 17.3 Å². The summed E-state index contributed by atoms with van der Waals surface area (Å²) in [6.07, 6.45) is 2.99. The van der Waals surface area contributed by atoms with E-state index in [1.54, 1.807) is 67.7 Å². The number of pyridine rings is 1. The first-order valence-electron chi connectivity index (χ1n) is 8.42. The molecular formula is C20H19N3O3S. The number of aromatic nitrogens is 1. The van der Waals surface area contributed by atoms with Crippen LogP contribution in [0.2, 0.25) is 0 Å². The first-order chi connectivity index (χ1) is 13.0. The second kappa shape index (κ2) is 8.01. The first kappa shape index (κ1) is 18.6. The number of anilines is 2. The first-order valence-corrected chi connectivity index (χ1v) is 9.86. The van der Waals surface area contributed by atoms with Gasteiger partial charge >= 0.3 is 0 Å². The van der Waals surface area contributed by atoms with Crippen LogP contribution in [0.25, 0.3) is 0 Å². The van der Waals surface area contributed by atoms with Gasteiger partial charge in [0.05, 0.1) is 16.9 Å². The Bertz CT molecular complexity index is 1020. The number of hydrogen-bond donors (Lipinski definition) is 1.